The van der Waals surface area contributed by atoms with E-state index in [9.17, 15) is 15.6 Å². The number of aryl methyl sites for hydroxylation is 2. The zero-order valence-corrected chi connectivity index (χ0v) is 19.0. The predicted octanol–water partition coefficient (Wildman–Crippen LogP) is 1.52. The fraction of sp³-hybridized carbons (Fsp3) is 0.238. The molecule has 0 aliphatic heterocycles. The van der Waals surface area contributed by atoms with Crippen molar-refractivity contribution in [3.8, 4) is 12.1 Å². The molecule has 4 heterocycles. The lowest BCUT2D eigenvalue weighted by Gasteiger charge is -2.09. The normalized spacial score (nSPS) is 11.9. The lowest BCUT2D eigenvalue weighted by atomic mass is 10.2. The highest BCUT2D eigenvalue weighted by molar-refractivity contribution is 5.88. The number of fused-ring (bicyclic) bond motifs is 2. The molecule has 4 aromatic heterocycles. The van der Waals surface area contributed by atoms with Gasteiger partial charge in [-0.25, -0.2) is 4.98 Å². The molecule has 174 valence electrons. The van der Waals surface area contributed by atoms with Crippen molar-refractivity contribution >= 4 is 40.0 Å². The fourth-order valence-corrected chi connectivity index (χ4v) is 3.57. The molecule has 0 fully saturated rings. The quantitative estimate of drug-likeness (QED) is 0.327. The Bertz CT molecular complexity index is 1640. The molecule has 0 aliphatic rings. The highest BCUT2D eigenvalue weighted by Crippen LogP contribution is 2.26. The molecule has 0 saturated carbocycles. The first kappa shape index (κ1) is 21.7. The smallest absolute Gasteiger partial charge is 0.248 e. The van der Waals surface area contributed by atoms with Crippen molar-refractivity contribution in [3.05, 3.63) is 41.6 Å². The van der Waals surface area contributed by atoms with Crippen LogP contribution in [0.1, 0.15) is 24.1 Å². The van der Waals surface area contributed by atoms with Crippen LogP contribution in [0.2, 0.25) is 0 Å². The van der Waals surface area contributed by atoms with E-state index in [1.165, 1.54) is 10.7 Å². The Labute approximate surface area is 198 Å². The molecule has 0 saturated heterocycles. The standard InChI is InChI=1S/C21H19N13O/c1-11(35)10-33-17-5-4-13(6-15(17)16(8-23)29-33)26-21-28-18(27-20-25-12(2)32(3)30-20)19-24-9-14(7-22)34(19)31-21/h4-6,9,11,35H,10H2,1-3H3,(H2,26,27,28,30,31). The van der Waals surface area contributed by atoms with Gasteiger partial charge in [0.2, 0.25) is 11.9 Å². The number of aliphatic hydroxyl groups is 1. The second kappa shape index (κ2) is 8.36. The fourth-order valence-electron chi connectivity index (χ4n) is 3.57. The molecule has 0 spiro atoms. The number of aliphatic hydroxyl groups excluding tert-OH is 1. The molecule has 5 aromatic rings. The van der Waals surface area contributed by atoms with Crippen LogP contribution in [0.5, 0.6) is 0 Å². The van der Waals surface area contributed by atoms with E-state index in [0.717, 1.165) is 0 Å². The SMILES string of the molecule is Cc1nc(Nc2nc(Nc3ccc4c(c3)c(C#N)nn4CC(C)O)nn3c(C#N)cnc23)nn1C. The van der Waals surface area contributed by atoms with Crippen LogP contribution in [0, 0.1) is 29.6 Å². The van der Waals surface area contributed by atoms with Crippen LogP contribution in [-0.2, 0) is 13.6 Å². The van der Waals surface area contributed by atoms with Crippen molar-refractivity contribution < 1.29 is 5.11 Å². The minimum absolute atomic E-state index is 0.177. The summed E-state index contributed by atoms with van der Waals surface area (Å²) in [6.07, 6.45) is 0.785. The van der Waals surface area contributed by atoms with E-state index in [1.807, 2.05) is 6.92 Å². The Morgan fingerprint density at radius 3 is 2.57 bits per heavy atom. The number of nitriles is 2. The molecule has 0 aliphatic carbocycles. The van der Waals surface area contributed by atoms with Crippen molar-refractivity contribution in [3.63, 3.8) is 0 Å². The van der Waals surface area contributed by atoms with Crippen LogP contribution >= 0.6 is 0 Å². The van der Waals surface area contributed by atoms with E-state index in [-0.39, 0.29) is 23.9 Å². The molecule has 14 heteroatoms. The summed E-state index contributed by atoms with van der Waals surface area (Å²) < 4.78 is 4.58. The maximum absolute atomic E-state index is 9.74. The van der Waals surface area contributed by atoms with Crippen LogP contribution in [0.3, 0.4) is 0 Å². The van der Waals surface area contributed by atoms with Gasteiger partial charge in [-0.3, -0.25) is 9.36 Å². The Balaban J connectivity index is 1.55. The molecule has 35 heavy (non-hydrogen) atoms. The Kier molecular flexibility index (Phi) is 5.20. The van der Waals surface area contributed by atoms with Gasteiger partial charge in [-0.2, -0.15) is 30.1 Å². The van der Waals surface area contributed by atoms with Crippen molar-refractivity contribution in [1.29, 1.82) is 10.5 Å². The predicted molar refractivity (Wildman–Crippen MR) is 124 cm³/mol. The Morgan fingerprint density at radius 2 is 1.89 bits per heavy atom. The molecule has 0 bridgehead atoms. The molecule has 1 aromatic carbocycles. The molecule has 1 unspecified atom stereocenters. The van der Waals surface area contributed by atoms with Gasteiger partial charge in [0.25, 0.3) is 0 Å². The van der Waals surface area contributed by atoms with E-state index >= 15 is 0 Å². The van der Waals surface area contributed by atoms with Crippen molar-refractivity contribution in [1.82, 2.24) is 44.1 Å². The zero-order valence-electron chi connectivity index (χ0n) is 19.0. The van der Waals surface area contributed by atoms with E-state index in [0.29, 0.717) is 39.8 Å². The number of hydrogen-bond donors (Lipinski definition) is 3. The third-order valence-corrected chi connectivity index (χ3v) is 5.24. The zero-order chi connectivity index (χ0) is 24.7. The molecular formula is C21H19N13O. The number of aromatic nitrogens is 9. The number of nitrogens with zero attached hydrogens (tertiary/aromatic N) is 11. The van der Waals surface area contributed by atoms with Crippen molar-refractivity contribution in [2.24, 2.45) is 7.05 Å². The summed E-state index contributed by atoms with van der Waals surface area (Å²) in [5.41, 5.74) is 2.10. The van der Waals surface area contributed by atoms with Gasteiger partial charge < -0.3 is 15.7 Å². The molecule has 0 radical (unpaired) electrons. The van der Waals surface area contributed by atoms with Gasteiger partial charge in [-0.05, 0) is 32.0 Å². The summed E-state index contributed by atoms with van der Waals surface area (Å²) in [5.74, 6) is 1.51. The first-order valence-electron chi connectivity index (χ1n) is 10.5. The summed E-state index contributed by atoms with van der Waals surface area (Å²) in [5, 5.41) is 48.5. The molecule has 0 amide bonds. The Morgan fingerprint density at radius 1 is 1.09 bits per heavy atom. The van der Waals surface area contributed by atoms with Crippen LogP contribution in [0.25, 0.3) is 16.6 Å². The summed E-state index contributed by atoms with van der Waals surface area (Å²) >= 11 is 0. The van der Waals surface area contributed by atoms with E-state index in [2.05, 4.69) is 53.0 Å². The second-order valence-corrected chi connectivity index (χ2v) is 7.85. The van der Waals surface area contributed by atoms with Gasteiger partial charge in [-0.15, -0.1) is 10.2 Å². The molecule has 1 atom stereocenters. The second-order valence-electron chi connectivity index (χ2n) is 7.85. The molecule has 3 N–H and O–H groups in total. The number of hydrogen-bond acceptors (Lipinski definition) is 11. The van der Waals surface area contributed by atoms with Gasteiger partial charge in [-0.1, -0.05) is 0 Å². The van der Waals surface area contributed by atoms with Crippen LogP contribution in [0.15, 0.2) is 24.4 Å². The summed E-state index contributed by atoms with van der Waals surface area (Å²) in [7, 11) is 1.77. The topological polar surface area (TPSA) is 183 Å². The minimum Gasteiger partial charge on any atom is -0.391 e. The number of imidazole rings is 1. The minimum atomic E-state index is -0.615. The lowest BCUT2D eigenvalue weighted by Crippen LogP contribution is -2.12. The average Bonchev–Trinajstić information content (AvgIpc) is 3.48. The van der Waals surface area contributed by atoms with E-state index in [1.54, 1.807) is 41.5 Å². The largest absolute Gasteiger partial charge is 0.391 e. The number of rotatable bonds is 6. The maximum atomic E-state index is 9.74. The first-order chi connectivity index (χ1) is 16.9. The third kappa shape index (κ3) is 3.94. The first-order valence-corrected chi connectivity index (χ1v) is 10.5. The lowest BCUT2D eigenvalue weighted by molar-refractivity contribution is 0.170. The third-order valence-electron chi connectivity index (χ3n) is 5.24. The van der Waals surface area contributed by atoms with Crippen molar-refractivity contribution in [2.45, 2.75) is 26.5 Å². The van der Waals surface area contributed by atoms with Crippen LogP contribution in [-0.4, -0.2) is 55.3 Å². The monoisotopic (exact) mass is 469 g/mol. The number of nitrogens with one attached hydrogen (secondary N) is 2. The number of anilines is 4. The summed E-state index contributed by atoms with van der Waals surface area (Å²) in [6, 6.07) is 9.47. The van der Waals surface area contributed by atoms with E-state index < -0.39 is 6.10 Å². The van der Waals surface area contributed by atoms with Crippen molar-refractivity contribution in [2.75, 3.05) is 10.6 Å². The maximum Gasteiger partial charge on any atom is 0.248 e. The van der Waals surface area contributed by atoms with Gasteiger partial charge in [0.1, 0.15) is 18.0 Å². The van der Waals surface area contributed by atoms with Gasteiger partial charge in [0, 0.05) is 18.1 Å². The average molecular weight is 469 g/mol. The molecule has 14 nitrogen and oxygen atoms in total. The molecular weight excluding hydrogens is 450 g/mol. The van der Waals surface area contributed by atoms with Gasteiger partial charge in [0.15, 0.2) is 22.9 Å². The highest BCUT2D eigenvalue weighted by Gasteiger charge is 2.17. The van der Waals surface area contributed by atoms with Gasteiger partial charge in [0.05, 0.1) is 24.4 Å². The molecule has 5 rings (SSSR count). The van der Waals surface area contributed by atoms with E-state index in [4.69, 9.17) is 0 Å². The highest BCUT2D eigenvalue weighted by atomic mass is 16.3. The van der Waals surface area contributed by atoms with Crippen LogP contribution < -0.4 is 10.6 Å². The van der Waals surface area contributed by atoms with Gasteiger partial charge >= 0.3 is 0 Å². The van der Waals surface area contributed by atoms with Crippen LogP contribution in [0.4, 0.5) is 23.4 Å². The summed E-state index contributed by atoms with van der Waals surface area (Å²) in [6.45, 7) is 3.74. The summed E-state index contributed by atoms with van der Waals surface area (Å²) in [4.78, 5) is 13.1. The number of benzene rings is 1. The Hall–Kier alpha value is -5.08.